The summed E-state index contributed by atoms with van der Waals surface area (Å²) in [5.74, 6) is 5.35. The van der Waals surface area contributed by atoms with Gasteiger partial charge in [-0.15, -0.1) is 0 Å². The summed E-state index contributed by atoms with van der Waals surface area (Å²) in [5.41, 5.74) is 1.09. The van der Waals surface area contributed by atoms with Crippen LogP contribution in [0.3, 0.4) is 0 Å². The Morgan fingerprint density at radius 3 is 2.43 bits per heavy atom. The predicted molar refractivity (Wildman–Crippen MR) is 96.1 cm³/mol. The standard InChI is InChI=1S/C22H38O/c1-4-15-9-11-19-18-10-8-16-6-5-7-17(14-23)22(16,3)20(18)12-13-21(15,19)2/h15-20,23H,4-14H2,1-3H3/t15-,16-,17?,18-,19-,20-,21+,22+/m0/s1. The van der Waals surface area contributed by atoms with E-state index in [1.165, 1.54) is 64.2 Å². The maximum absolute atomic E-state index is 10.1. The molecule has 0 aromatic carbocycles. The van der Waals surface area contributed by atoms with Crippen molar-refractivity contribution in [3.63, 3.8) is 0 Å². The second-order valence-corrected chi connectivity index (χ2v) is 10.1. The summed E-state index contributed by atoms with van der Waals surface area (Å²) in [6.07, 6.45) is 14.4. The number of fused-ring (bicyclic) bond motifs is 5. The van der Waals surface area contributed by atoms with Gasteiger partial charge in [0.15, 0.2) is 0 Å². The third-order valence-corrected chi connectivity index (χ3v) is 9.86. The second-order valence-electron chi connectivity index (χ2n) is 10.1. The van der Waals surface area contributed by atoms with Crippen molar-refractivity contribution in [3.8, 4) is 0 Å². The molecule has 8 atom stereocenters. The van der Waals surface area contributed by atoms with Crippen LogP contribution < -0.4 is 0 Å². The Hall–Kier alpha value is -0.0400. The second kappa shape index (κ2) is 5.75. The summed E-state index contributed by atoms with van der Waals surface area (Å²) < 4.78 is 0. The van der Waals surface area contributed by atoms with Crippen LogP contribution in [0.4, 0.5) is 0 Å². The maximum Gasteiger partial charge on any atom is 0.0464 e. The van der Waals surface area contributed by atoms with Crippen LogP contribution >= 0.6 is 0 Å². The molecule has 1 N–H and O–H groups in total. The molecule has 4 saturated carbocycles. The van der Waals surface area contributed by atoms with E-state index in [2.05, 4.69) is 20.8 Å². The minimum absolute atomic E-state index is 0.440. The largest absolute Gasteiger partial charge is 0.396 e. The van der Waals surface area contributed by atoms with Crippen LogP contribution in [-0.4, -0.2) is 11.7 Å². The van der Waals surface area contributed by atoms with Gasteiger partial charge in [0, 0.05) is 6.61 Å². The summed E-state index contributed by atoms with van der Waals surface area (Å²) in [5, 5.41) is 10.1. The van der Waals surface area contributed by atoms with Gasteiger partial charge >= 0.3 is 0 Å². The molecular formula is C22H38O. The lowest BCUT2D eigenvalue weighted by atomic mass is 9.42. The molecule has 4 aliphatic rings. The Morgan fingerprint density at radius 2 is 1.70 bits per heavy atom. The minimum Gasteiger partial charge on any atom is -0.396 e. The van der Waals surface area contributed by atoms with Gasteiger partial charge in [0.2, 0.25) is 0 Å². The van der Waals surface area contributed by atoms with Crippen molar-refractivity contribution in [1.82, 2.24) is 0 Å². The molecule has 23 heavy (non-hydrogen) atoms. The topological polar surface area (TPSA) is 20.2 Å². The van der Waals surface area contributed by atoms with Gasteiger partial charge in [0.1, 0.15) is 0 Å². The van der Waals surface area contributed by atoms with E-state index in [0.717, 1.165) is 29.6 Å². The van der Waals surface area contributed by atoms with Gasteiger partial charge in [-0.1, -0.05) is 33.6 Å². The van der Waals surface area contributed by atoms with E-state index in [-0.39, 0.29) is 0 Å². The molecular weight excluding hydrogens is 280 g/mol. The van der Waals surface area contributed by atoms with Crippen molar-refractivity contribution >= 4 is 0 Å². The van der Waals surface area contributed by atoms with Crippen LogP contribution in [0.5, 0.6) is 0 Å². The number of aliphatic hydroxyl groups is 1. The highest BCUT2D eigenvalue weighted by Crippen LogP contribution is 2.68. The average Bonchev–Trinajstić information content (AvgIpc) is 2.90. The highest BCUT2D eigenvalue weighted by Gasteiger charge is 2.61. The van der Waals surface area contributed by atoms with E-state index in [1.807, 2.05) is 0 Å². The van der Waals surface area contributed by atoms with Crippen LogP contribution in [0.2, 0.25) is 0 Å². The van der Waals surface area contributed by atoms with Crippen LogP contribution in [0.1, 0.15) is 85.0 Å². The molecule has 0 bridgehead atoms. The van der Waals surface area contributed by atoms with E-state index in [9.17, 15) is 5.11 Å². The lowest BCUT2D eigenvalue weighted by Gasteiger charge is -2.62. The normalized spacial score (nSPS) is 55.8. The monoisotopic (exact) mass is 318 g/mol. The minimum atomic E-state index is 0.440. The first kappa shape index (κ1) is 16.4. The van der Waals surface area contributed by atoms with Gasteiger partial charge in [-0.2, -0.15) is 0 Å². The Bertz CT molecular complexity index is 437. The maximum atomic E-state index is 10.1. The Morgan fingerprint density at radius 1 is 0.870 bits per heavy atom. The summed E-state index contributed by atoms with van der Waals surface area (Å²) in [4.78, 5) is 0. The van der Waals surface area contributed by atoms with Crippen molar-refractivity contribution in [1.29, 1.82) is 0 Å². The summed E-state index contributed by atoms with van der Waals surface area (Å²) >= 11 is 0. The molecule has 0 heterocycles. The Kier molecular flexibility index (Phi) is 4.11. The molecule has 4 aliphatic carbocycles. The van der Waals surface area contributed by atoms with Crippen LogP contribution in [0, 0.1) is 46.3 Å². The molecule has 0 amide bonds. The third kappa shape index (κ3) is 2.14. The molecule has 0 aliphatic heterocycles. The Labute approximate surface area is 143 Å². The number of aliphatic hydroxyl groups excluding tert-OH is 1. The molecule has 4 rings (SSSR count). The van der Waals surface area contributed by atoms with Gasteiger partial charge in [-0.25, -0.2) is 0 Å². The molecule has 1 heteroatoms. The number of hydrogen-bond donors (Lipinski definition) is 1. The summed E-state index contributed by atoms with van der Waals surface area (Å²) in [6.45, 7) is 8.11. The lowest BCUT2D eigenvalue weighted by Crippen LogP contribution is -2.56. The van der Waals surface area contributed by atoms with Crippen molar-refractivity contribution in [2.75, 3.05) is 6.61 Å². The van der Waals surface area contributed by atoms with E-state index < -0.39 is 0 Å². The number of hydrogen-bond acceptors (Lipinski definition) is 1. The molecule has 0 aromatic rings. The fraction of sp³-hybridized carbons (Fsp3) is 1.00. The van der Waals surface area contributed by atoms with Crippen molar-refractivity contribution in [2.24, 2.45) is 46.3 Å². The molecule has 4 fully saturated rings. The quantitative estimate of drug-likeness (QED) is 0.696. The molecule has 1 unspecified atom stereocenters. The first-order valence-corrected chi connectivity index (χ1v) is 10.7. The van der Waals surface area contributed by atoms with Gasteiger partial charge in [0.05, 0.1) is 0 Å². The van der Waals surface area contributed by atoms with Gasteiger partial charge in [-0.3, -0.25) is 0 Å². The number of rotatable bonds is 2. The van der Waals surface area contributed by atoms with Crippen molar-refractivity contribution in [2.45, 2.75) is 85.0 Å². The van der Waals surface area contributed by atoms with Crippen LogP contribution in [0.15, 0.2) is 0 Å². The molecule has 132 valence electrons. The van der Waals surface area contributed by atoms with E-state index in [4.69, 9.17) is 0 Å². The van der Waals surface area contributed by atoms with Crippen LogP contribution in [0.25, 0.3) is 0 Å². The summed E-state index contributed by atoms with van der Waals surface area (Å²) in [7, 11) is 0. The van der Waals surface area contributed by atoms with E-state index in [1.54, 1.807) is 0 Å². The van der Waals surface area contributed by atoms with Gasteiger partial charge in [0.25, 0.3) is 0 Å². The summed E-state index contributed by atoms with van der Waals surface area (Å²) in [6, 6.07) is 0. The zero-order chi connectivity index (χ0) is 16.2. The smallest absolute Gasteiger partial charge is 0.0464 e. The zero-order valence-electron chi connectivity index (χ0n) is 15.7. The van der Waals surface area contributed by atoms with E-state index in [0.29, 0.717) is 23.4 Å². The van der Waals surface area contributed by atoms with Gasteiger partial charge < -0.3 is 5.11 Å². The van der Waals surface area contributed by atoms with E-state index >= 15 is 0 Å². The predicted octanol–water partition coefficient (Wildman–Crippen LogP) is 5.66. The molecule has 0 aromatic heterocycles. The fourth-order valence-corrected chi connectivity index (χ4v) is 8.55. The highest BCUT2D eigenvalue weighted by molar-refractivity contribution is 5.10. The third-order valence-electron chi connectivity index (χ3n) is 9.86. The average molecular weight is 319 g/mol. The molecule has 0 radical (unpaired) electrons. The lowest BCUT2D eigenvalue weighted by molar-refractivity contribution is -0.145. The SMILES string of the molecule is CC[C@H]1CC[C@H]2[C@@H]3CC[C@@H]4CCCC(CO)[C@]4(C)[C@H]3CC[C@]12C. The Balaban J connectivity index is 1.65. The van der Waals surface area contributed by atoms with Crippen molar-refractivity contribution < 1.29 is 5.11 Å². The fourth-order valence-electron chi connectivity index (χ4n) is 8.55. The van der Waals surface area contributed by atoms with Crippen molar-refractivity contribution in [3.05, 3.63) is 0 Å². The first-order valence-electron chi connectivity index (χ1n) is 10.7. The zero-order valence-corrected chi connectivity index (χ0v) is 15.7. The first-order chi connectivity index (χ1) is 11.1. The molecule has 1 nitrogen and oxygen atoms in total. The van der Waals surface area contributed by atoms with Gasteiger partial charge in [-0.05, 0) is 97.7 Å². The molecule has 0 spiro atoms. The van der Waals surface area contributed by atoms with Crippen LogP contribution in [-0.2, 0) is 0 Å². The molecule has 0 saturated heterocycles. The highest BCUT2D eigenvalue weighted by atomic mass is 16.3.